The molecule has 6 nitrogen and oxygen atoms in total. The highest BCUT2D eigenvalue weighted by molar-refractivity contribution is 5.59. The van der Waals surface area contributed by atoms with Crippen LogP contribution < -0.4 is 10.6 Å². The van der Waals surface area contributed by atoms with Crippen LogP contribution in [0.4, 0.5) is 11.5 Å². The number of hydrogen-bond acceptors (Lipinski definition) is 5. The van der Waals surface area contributed by atoms with Crippen LogP contribution in [0.1, 0.15) is 12.0 Å². The lowest BCUT2D eigenvalue weighted by atomic mass is 10.2. The molecule has 2 N–H and O–H groups in total. The van der Waals surface area contributed by atoms with Crippen molar-refractivity contribution in [3.05, 3.63) is 64.3 Å². The van der Waals surface area contributed by atoms with Crippen molar-refractivity contribution < 1.29 is 4.92 Å². The predicted octanol–water partition coefficient (Wildman–Crippen LogP) is 2.35. The summed E-state index contributed by atoms with van der Waals surface area (Å²) < 4.78 is 0. The van der Waals surface area contributed by atoms with Gasteiger partial charge in [-0.1, -0.05) is 30.3 Å². The third-order valence-electron chi connectivity index (χ3n) is 3.13. The Morgan fingerprint density at radius 1 is 1.19 bits per heavy atom. The van der Waals surface area contributed by atoms with Crippen molar-refractivity contribution in [2.24, 2.45) is 5.73 Å². The van der Waals surface area contributed by atoms with Gasteiger partial charge in [0.25, 0.3) is 0 Å². The van der Waals surface area contributed by atoms with Crippen molar-refractivity contribution in [1.29, 1.82) is 0 Å². The van der Waals surface area contributed by atoms with Gasteiger partial charge in [-0.2, -0.15) is 0 Å². The molecule has 0 saturated carbocycles. The normalized spacial score (nSPS) is 10.3. The van der Waals surface area contributed by atoms with E-state index in [9.17, 15) is 10.1 Å². The third kappa shape index (κ3) is 4.00. The van der Waals surface area contributed by atoms with Crippen LogP contribution in [0.2, 0.25) is 0 Å². The van der Waals surface area contributed by atoms with E-state index in [4.69, 9.17) is 5.73 Å². The molecule has 2 rings (SSSR count). The van der Waals surface area contributed by atoms with Gasteiger partial charge in [0.15, 0.2) is 0 Å². The molecule has 21 heavy (non-hydrogen) atoms. The molecule has 1 aromatic carbocycles. The third-order valence-corrected chi connectivity index (χ3v) is 3.13. The summed E-state index contributed by atoms with van der Waals surface area (Å²) in [5.41, 5.74) is 7.19. The first-order chi connectivity index (χ1) is 10.2. The lowest BCUT2D eigenvalue weighted by Gasteiger charge is -2.24. The average Bonchev–Trinajstić information content (AvgIpc) is 2.52. The number of aromatic nitrogens is 1. The Morgan fingerprint density at radius 3 is 2.62 bits per heavy atom. The van der Waals surface area contributed by atoms with Gasteiger partial charge in [-0.05, 0) is 40.6 Å². The molecule has 6 heteroatoms. The van der Waals surface area contributed by atoms with Crippen molar-refractivity contribution >= 4 is 11.5 Å². The maximum absolute atomic E-state index is 11.1. The smallest absolute Gasteiger partial charge is 0.360 e. The maximum atomic E-state index is 11.1. The number of benzene rings is 1. The minimum atomic E-state index is -0.449. The zero-order valence-electron chi connectivity index (χ0n) is 11.7. The number of anilines is 1. The highest BCUT2D eigenvalue weighted by atomic mass is 16.6. The van der Waals surface area contributed by atoms with Gasteiger partial charge in [-0.25, -0.2) is 0 Å². The molecule has 0 atom stereocenters. The highest BCUT2D eigenvalue weighted by Gasteiger charge is 2.20. The predicted molar refractivity (Wildman–Crippen MR) is 82.1 cm³/mol. The van der Waals surface area contributed by atoms with E-state index in [1.807, 2.05) is 35.2 Å². The van der Waals surface area contributed by atoms with Gasteiger partial charge in [0.1, 0.15) is 11.9 Å². The Balaban J connectivity index is 2.29. The second-order valence-electron chi connectivity index (χ2n) is 4.65. The van der Waals surface area contributed by atoms with Crippen molar-refractivity contribution in [1.82, 2.24) is 4.98 Å². The van der Waals surface area contributed by atoms with E-state index in [0.717, 1.165) is 12.0 Å². The molecule has 2 aromatic rings. The molecule has 1 aromatic heterocycles. The van der Waals surface area contributed by atoms with Gasteiger partial charge in [-0.3, -0.25) is 0 Å². The molecule has 0 aliphatic carbocycles. The van der Waals surface area contributed by atoms with Crippen LogP contribution in [0, 0.1) is 10.1 Å². The molecule has 110 valence electrons. The summed E-state index contributed by atoms with van der Waals surface area (Å²) >= 11 is 0. The fraction of sp³-hybridized carbons (Fsp3) is 0.267. The van der Waals surface area contributed by atoms with Crippen molar-refractivity contribution in [3.8, 4) is 0 Å². The molecular formula is C15H18N4O2. The number of nitrogens with zero attached hydrogens (tertiary/aromatic N) is 3. The zero-order chi connectivity index (χ0) is 15.1. The van der Waals surface area contributed by atoms with E-state index < -0.39 is 4.92 Å². The van der Waals surface area contributed by atoms with Gasteiger partial charge in [0, 0.05) is 13.1 Å². The molecule has 1 heterocycles. The van der Waals surface area contributed by atoms with E-state index in [0.29, 0.717) is 25.3 Å². The molecule has 0 unspecified atom stereocenters. The first kappa shape index (κ1) is 14.9. The monoisotopic (exact) mass is 286 g/mol. The first-order valence-electron chi connectivity index (χ1n) is 6.80. The van der Waals surface area contributed by atoms with Crippen LogP contribution in [0.15, 0.2) is 48.7 Å². The van der Waals surface area contributed by atoms with Gasteiger partial charge < -0.3 is 20.7 Å². The summed E-state index contributed by atoms with van der Waals surface area (Å²) in [7, 11) is 0. The Morgan fingerprint density at radius 2 is 1.95 bits per heavy atom. The van der Waals surface area contributed by atoms with Crippen LogP contribution in [0.25, 0.3) is 0 Å². The molecule has 0 bridgehead atoms. The number of hydrogen-bond donors (Lipinski definition) is 1. The van der Waals surface area contributed by atoms with Crippen molar-refractivity contribution in [2.45, 2.75) is 13.0 Å². The fourth-order valence-corrected chi connectivity index (χ4v) is 2.15. The lowest BCUT2D eigenvalue weighted by Crippen LogP contribution is -2.26. The Bertz CT molecular complexity index is 589. The van der Waals surface area contributed by atoms with E-state index in [1.54, 1.807) is 12.1 Å². The highest BCUT2D eigenvalue weighted by Crippen LogP contribution is 2.26. The standard InChI is InChI=1S/C15H18N4O2/c16-9-5-11-18(12-13-6-2-1-3-7-13)14-8-4-10-17-15(14)19(20)21/h1-4,6-8,10H,5,9,11-12,16H2. The molecule has 0 amide bonds. The van der Waals surface area contributed by atoms with Crippen molar-refractivity contribution in [3.63, 3.8) is 0 Å². The molecular weight excluding hydrogens is 268 g/mol. The SMILES string of the molecule is NCCCN(Cc1ccccc1)c1cccnc1[N+](=O)[O-]. The molecule has 0 spiro atoms. The van der Waals surface area contributed by atoms with Gasteiger partial charge in [0.05, 0.1) is 0 Å². The van der Waals surface area contributed by atoms with E-state index in [2.05, 4.69) is 4.98 Å². The van der Waals surface area contributed by atoms with Gasteiger partial charge in [0.2, 0.25) is 0 Å². The van der Waals surface area contributed by atoms with Crippen LogP contribution >= 0.6 is 0 Å². The summed E-state index contributed by atoms with van der Waals surface area (Å²) in [6.07, 6.45) is 2.20. The second-order valence-corrected chi connectivity index (χ2v) is 4.65. The van der Waals surface area contributed by atoms with E-state index in [1.165, 1.54) is 6.20 Å². The quantitative estimate of drug-likeness (QED) is 0.623. The summed E-state index contributed by atoms with van der Waals surface area (Å²) in [5, 5.41) is 11.1. The maximum Gasteiger partial charge on any atom is 0.387 e. The Labute approximate surface area is 123 Å². The summed E-state index contributed by atoms with van der Waals surface area (Å²) in [6.45, 7) is 1.78. The van der Waals surface area contributed by atoms with E-state index in [-0.39, 0.29) is 5.82 Å². The van der Waals surface area contributed by atoms with Crippen LogP contribution in [0.5, 0.6) is 0 Å². The number of rotatable bonds is 7. The summed E-state index contributed by atoms with van der Waals surface area (Å²) in [5.74, 6) is -0.120. The minimum absolute atomic E-state index is 0.120. The average molecular weight is 286 g/mol. The van der Waals surface area contributed by atoms with Crippen LogP contribution in [-0.2, 0) is 6.54 Å². The fourth-order valence-electron chi connectivity index (χ4n) is 2.15. The topological polar surface area (TPSA) is 85.3 Å². The number of pyridine rings is 1. The summed E-state index contributed by atoms with van der Waals surface area (Å²) in [6, 6.07) is 13.3. The second kappa shape index (κ2) is 7.35. The Kier molecular flexibility index (Phi) is 5.22. The zero-order valence-corrected chi connectivity index (χ0v) is 11.7. The minimum Gasteiger partial charge on any atom is -0.360 e. The largest absolute Gasteiger partial charge is 0.387 e. The van der Waals surface area contributed by atoms with Gasteiger partial charge >= 0.3 is 5.82 Å². The molecule has 0 aliphatic rings. The number of nitro groups is 1. The van der Waals surface area contributed by atoms with Crippen LogP contribution in [-0.4, -0.2) is 23.0 Å². The number of nitrogens with two attached hydrogens (primary N) is 1. The van der Waals surface area contributed by atoms with Gasteiger partial charge in [-0.15, -0.1) is 0 Å². The molecule has 0 fully saturated rings. The molecule has 0 aliphatic heterocycles. The van der Waals surface area contributed by atoms with E-state index >= 15 is 0 Å². The lowest BCUT2D eigenvalue weighted by molar-refractivity contribution is -0.388. The molecule has 0 radical (unpaired) electrons. The van der Waals surface area contributed by atoms with Crippen LogP contribution in [0.3, 0.4) is 0 Å². The summed E-state index contributed by atoms with van der Waals surface area (Å²) in [4.78, 5) is 16.5. The first-order valence-corrected chi connectivity index (χ1v) is 6.80. The molecule has 0 saturated heterocycles. The Hall–Kier alpha value is -2.47. The van der Waals surface area contributed by atoms with Crippen molar-refractivity contribution in [2.75, 3.05) is 18.0 Å².